The Kier molecular flexibility index (Phi) is 9.05. The van der Waals surface area contributed by atoms with Gasteiger partial charge in [-0.2, -0.15) is 13.2 Å². The number of nitrogens with zero attached hydrogens (tertiary/aromatic N) is 1. The lowest BCUT2D eigenvalue weighted by Crippen LogP contribution is -2.31. The quantitative estimate of drug-likeness (QED) is 0.539. The monoisotopic (exact) mass is 290 g/mol. The summed E-state index contributed by atoms with van der Waals surface area (Å²) in [6.45, 7) is 10.5. The van der Waals surface area contributed by atoms with Crippen LogP contribution in [-0.2, 0) is 0 Å². The van der Waals surface area contributed by atoms with Crippen molar-refractivity contribution in [3.63, 3.8) is 0 Å². The maximum atomic E-state index is 12.6. The molecule has 0 saturated heterocycles. The SMILES string of the molecule is C\C=C(/C=C\C(=C/C)C(F)(F)F)N(CC)CCNCC. The summed E-state index contributed by atoms with van der Waals surface area (Å²) in [7, 11) is 0. The molecule has 0 fully saturated rings. The van der Waals surface area contributed by atoms with E-state index >= 15 is 0 Å². The molecule has 0 aromatic carbocycles. The van der Waals surface area contributed by atoms with Crippen molar-refractivity contribution in [3.05, 3.63) is 35.6 Å². The second-order valence-electron chi connectivity index (χ2n) is 4.22. The van der Waals surface area contributed by atoms with Crippen molar-refractivity contribution in [2.75, 3.05) is 26.2 Å². The third-order valence-corrected chi connectivity index (χ3v) is 2.92. The van der Waals surface area contributed by atoms with Crippen LogP contribution in [-0.4, -0.2) is 37.3 Å². The zero-order chi connectivity index (χ0) is 15.6. The molecule has 0 aliphatic heterocycles. The first-order chi connectivity index (χ1) is 9.40. The molecule has 0 heterocycles. The van der Waals surface area contributed by atoms with E-state index in [2.05, 4.69) is 5.32 Å². The van der Waals surface area contributed by atoms with Gasteiger partial charge in [0.1, 0.15) is 0 Å². The van der Waals surface area contributed by atoms with Gasteiger partial charge in [-0.1, -0.05) is 19.1 Å². The van der Waals surface area contributed by atoms with E-state index in [4.69, 9.17) is 0 Å². The van der Waals surface area contributed by atoms with Gasteiger partial charge in [0.05, 0.1) is 5.57 Å². The highest BCUT2D eigenvalue weighted by molar-refractivity contribution is 5.29. The van der Waals surface area contributed by atoms with Crippen LogP contribution in [0.15, 0.2) is 35.6 Å². The van der Waals surface area contributed by atoms with Gasteiger partial charge in [-0.3, -0.25) is 0 Å². The predicted octanol–water partition coefficient (Wildman–Crippen LogP) is 3.89. The van der Waals surface area contributed by atoms with Crippen LogP contribution in [0.25, 0.3) is 0 Å². The molecule has 0 aliphatic rings. The molecular weight excluding hydrogens is 265 g/mol. The Morgan fingerprint density at radius 2 is 1.75 bits per heavy atom. The van der Waals surface area contributed by atoms with Gasteiger partial charge >= 0.3 is 6.18 Å². The molecule has 0 amide bonds. The van der Waals surface area contributed by atoms with Crippen LogP contribution in [0, 0.1) is 0 Å². The fourth-order valence-corrected chi connectivity index (χ4v) is 1.77. The molecule has 0 rings (SSSR count). The van der Waals surface area contributed by atoms with Crippen LogP contribution in [0.3, 0.4) is 0 Å². The molecule has 5 heteroatoms. The molecule has 0 aromatic heterocycles. The van der Waals surface area contributed by atoms with E-state index in [1.807, 2.05) is 31.7 Å². The Balaban J connectivity index is 4.83. The molecule has 0 bridgehead atoms. The highest BCUT2D eigenvalue weighted by Crippen LogP contribution is 2.26. The van der Waals surface area contributed by atoms with Crippen LogP contribution in [0.2, 0.25) is 0 Å². The number of halogens is 3. The van der Waals surface area contributed by atoms with E-state index in [1.54, 1.807) is 0 Å². The van der Waals surface area contributed by atoms with Crippen molar-refractivity contribution in [2.24, 2.45) is 0 Å². The number of alkyl halides is 3. The van der Waals surface area contributed by atoms with E-state index in [-0.39, 0.29) is 0 Å². The van der Waals surface area contributed by atoms with Gasteiger partial charge in [-0.25, -0.2) is 0 Å². The molecule has 0 atom stereocenters. The Hall–Kier alpha value is -1.23. The van der Waals surface area contributed by atoms with Gasteiger partial charge in [0.15, 0.2) is 0 Å². The first-order valence-corrected chi connectivity index (χ1v) is 6.94. The van der Waals surface area contributed by atoms with Crippen molar-refractivity contribution >= 4 is 0 Å². The van der Waals surface area contributed by atoms with Crippen molar-refractivity contribution in [1.29, 1.82) is 0 Å². The molecule has 0 aliphatic carbocycles. The van der Waals surface area contributed by atoms with Crippen LogP contribution in [0.4, 0.5) is 13.2 Å². The summed E-state index contributed by atoms with van der Waals surface area (Å²) in [5, 5.41) is 3.21. The van der Waals surface area contributed by atoms with E-state index in [0.717, 1.165) is 44.0 Å². The average Bonchev–Trinajstić information content (AvgIpc) is 2.39. The summed E-state index contributed by atoms with van der Waals surface area (Å²) >= 11 is 0. The minimum atomic E-state index is -4.30. The van der Waals surface area contributed by atoms with E-state index in [1.165, 1.54) is 13.0 Å². The van der Waals surface area contributed by atoms with Crippen LogP contribution in [0.5, 0.6) is 0 Å². The van der Waals surface area contributed by atoms with Crippen molar-refractivity contribution in [2.45, 2.75) is 33.9 Å². The molecule has 116 valence electrons. The normalized spacial score (nSPS) is 14.2. The highest BCUT2D eigenvalue weighted by atomic mass is 19.4. The maximum absolute atomic E-state index is 12.6. The number of hydrogen-bond acceptors (Lipinski definition) is 2. The van der Waals surface area contributed by atoms with Gasteiger partial charge in [0, 0.05) is 25.3 Å². The van der Waals surface area contributed by atoms with Crippen molar-refractivity contribution in [1.82, 2.24) is 10.2 Å². The number of likely N-dealkylation sites (N-methyl/N-ethyl adjacent to an activating group) is 2. The van der Waals surface area contributed by atoms with Crippen LogP contribution >= 0.6 is 0 Å². The summed E-state index contributed by atoms with van der Waals surface area (Å²) < 4.78 is 37.9. The Bertz CT molecular complexity index is 355. The molecule has 0 unspecified atom stereocenters. The maximum Gasteiger partial charge on any atom is 0.416 e. The van der Waals surface area contributed by atoms with Crippen molar-refractivity contribution in [3.8, 4) is 0 Å². The Morgan fingerprint density at radius 3 is 2.15 bits per heavy atom. The lowest BCUT2D eigenvalue weighted by Gasteiger charge is -2.24. The standard InChI is InChI=1S/C15H25F3N2/c1-5-13(15(16,17)18)9-10-14(6-2)20(8-4)12-11-19-7-3/h5-6,9-10,19H,7-8,11-12H2,1-4H3/b10-9-,13-5+,14-6+. The van der Waals surface area contributed by atoms with Gasteiger partial charge < -0.3 is 10.2 Å². The fraction of sp³-hybridized carbons (Fsp3) is 0.600. The molecule has 0 spiro atoms. The highest BCUT2D eigenvalue weighted by Gasteiger charge is 2.30. The lowest BCUT2D eigenvalue weighted by molar-refractivity contribution is -0.0883. The summed E-state index contributed by atoms with van der Waals surface area (Å²) in [6, 6.07) is 0. The minimum absolute atomic E-state index is 0.625. The van der Waals surface area contributed by atoms with Gasteiger partial charge in [-0.05, 0) is 39.5 Å². The molecule has 0 aromatic rings. The topological polar surface area (TPSA) is 15.3 Å². The van der Waals surface area contributed by atoms with Gasteiger partial charge in [0.2, 0.25) is 0 Å². The van der Waals surface area contributed by atoms with Crippen LogP contribution < -0.4 is 5.32 Å². The van der Waals surface area contributed by atoms with E-state index in [9.17, 15) is 13.2 Å². The third kappa shape index (κ3) is 6.80. The van der Waals surface area contributed by atoms with E-state index < -0.39 is 11.7 Å². The summed E-state index contributed by atoms with van der Waals surface area (Å²) in [6.07, 6.45) is 1.27. The molecule has 2 nitrogen and oxygen atoms in total. The largest absolute Gasteiger partial charge is 0.416 e. The van der Waals surface area contributed by atoms with Gasteiger partial charge in [0.25, 0.3) is 0 Å². The summed E-state index contributed by atoms with van der Waals surface area (Å²) in [5.41, 5.74) is 0.175. The van der Waals surface area contributed by atoms with Crippen molar-refractivity contribution < 1.29 is 13.2 Å². The third-order valence-electron chi connectivity index (χ3n) is 2.92. The smallest absolute Gasteiger partial charge is 0.371 e. The second kappa shape index (κ2) is 9.64. The Morgan fingerprint density at radius 1 is 1.10 bits per heavy atom. The fourth-order valence-electron chi connectivity index (χ4n) is 1.77. The zero-order valence-corrected chi connectivity index (χ0v) is 12.7. The summed E-state index contributed by atoms with van der Waals surface area (Å²) in [4.78, 5) is 2.04. The van der Waals surface area contributed by atoms with Gasteiger partial charge in [-0.15, -0.1) is 0 Å². The first kappa shape index (κ1) is 18.8. The molecule has 0 radical (unpaired) electrons. The number of rotatable bonds is 8. The molecular formula is C15H25F3N2. The first-order valence-electron chi connectivity index (χ1n) is 6.94. The number of hydrogen-bond donors (Lipinski definition) is 1. The molecule has 20 heavy (non-hydrogen) atoms. The minimum Gasteiger partial charge on any atom is -0.371 e. The summed E-state index contributed by atoms with van der Waals surface area (Å²) in [5.74, 6) is 0. The zero-order valence-electron chi connectivity index (χ0n) is 12.7. The van der Waals surface area contributed by atoms with E-state index in [0.29, 0.717) is 0 Å². The average molecular weight is 290 g/mol. The second-order valence-corrected chi connectivity index (χ2v) is 4.22. The number of allylic oxidation sites excluding steroid dienone is 5. The number of nitrogens with one attached hydrogen (secondary N) is 1. The molecule has 0 saturated carbocycles. The lowest BCUT2D eigenvalue weighted by atomic mass is 10.2. The van der Waals surface area contributed by atoms with Crippen LogP contribution in [0.1, 0.15) is 27.7 Å². The predicted molar refractivity (Wildman–Crippen MR) is 78.5 cm³/mol. The Labute approximate surface area is 120 Å². The molecule has 1 N–H and O–H groups in total.